The summed E-state index contributed by atoms with van der Waals surface area (Å²) in [4.78, 5) is 43.3. The van der Waals surface area contributed by atoms with E-state index in [-0.39, 0.29) is 23.0 Å². The molecule has 0 unspecified atom stereocenters. The standard InChI is InChI=1S/C23H20F2N6O3S/c1-10-16(18(32)21(34)29-23(3-4-23)22-30-27-9-35-22)15-7-11-6-14(11)31(15)17(10)20(33)28-12-2-5-26-13(8-12)19(24)25/h2,5,8-9,11,14,19H,3-4,6-7H2,1H3,(H,29,34)(H,26,28,33)/t11-,14-/m1/s1. The summed E-state index contributed by atoms with van der Waals surface area (Å²) in [6.07, 6.45) is 1.30. The Kier molecular flexibility index (Phi) is 4.85. The molecule has 4 heterocycles. The van der Waals surface area contributed by atoms with Gasteiger partial charge in [0.25, 0.3) is 24.0 Å². The van der Waals surface area contributed by atoms with Gasteiger partial charge < -0.3 is 15.2 Å². The van der Waals surface area contributed by atoms with Gasteiger partial charge in [-0.25, -0.2) is 8.78 Å². The highest BCUT2D eigenvalue weighted by Gasteiger charge is 2.52. The first-order valence-electron chi connectivity index (χ1n) is 11.2. The van der Waals surface area contributed by atoms with Crippen LogP contribution in [0.5, 0.6) is 0 Å². The fourth-order valence-corrected chi connectivity index (χ4v) is 5.83. The average Bonchev–Trinajstić information content (AvgIpc) is 3.61. The summed E-state index contributed by atoms with van der Waals surface area (Å²) in [7, 11) is 0. The van der Waals surface area contributed by atoms with Gasteiger partial charge in [-0.3, -0.25) is 19.4 Å². The number of alkyl halides is 2. The topological polar surface area (TPSA) is 119 Å². The normalized spacial score (nSPS) is 20.8. The fraction of sp³-hybridized carbons (Fsp3) is 0.391. The number of amides is 2. The summed E-state index contributed by atoms with van der Waals surface area (Å²) in [5, 5.41) is 14.0. The molecular weight excluding hydrogens is 478 g/mol. The molecule has 0 aromatic carbocycles. The van der Waals surface area contributed by atoms with Crippen LogP contribution in [0.2, 0.25) is 0 Å². The Labute approximate surface area is 202 Å². The number of hydrogen-bond donors (Lipinski definition) is 2. The average molecular weight is 499 g/mol. The maximum absolute atomic E-state index is 13.4. The Balaban J connectivity index is 1.30. The minimum Gasteiger partial charge on any atom is -0.337 e. The van der Waals surface area contributed by atoms with E-state index in [2.05, 4.69) is 25.8 Å². The highest BCUT2D eigenvalue weighted by molar-refractivity contribution is 7.09. The van der Waals surface area contributed by atoms with Gasteiger partial charge >= 0.3 is 0 Å². The molecule has 180 valence electrons. The maximum Gasteiger partial charge on any atom is 0.293 e. The van der Waals surface area contributed by atoms with Crippen molar-refractivity contribution in [2.24, 2.45) is 5.92 Å². The zero-order valence-corrected chi connectivity index (χ0v) is 19.4. The molecule has 2 fully saturated rings. The largest absolute Gasteiger partial charge is 0.337 e. The Bertz CT molecular complexity index is 1380. The van der Waals surface area contributed by atoms with Gasteiger partial charge in [-0.2, -0.15) is 0 Å². The minimum atomic E-state index is -2.77. The molecule has 0 saturated heterocycles. The van der Waals surface area contributed by atoms with E-state index in [1.54, 1.807) is 12.4 Å². The van der Waals surface area contributed by atoms with Crippen molar-refractivity contribution in [2.45, 2.75) is 50.6 Å². The molecule has 35 heavy (non-hydrogen) atoms. The van der Waals surface area contributed by atoms with E-state index in [9.17, 15) is 23.2 Å². The second-order valence-corrected chi connectivity index (χ2v) is 10.1. The summed E-state index contributed by atoms with van der Waals surface area (Å²) in [6.45, 7) is 1.65. The monoisotopic (exact) mass is 498 g/mol. The van der Waals surface area contributed by atoms with Gasteiger partial charge in [0, 0.05) is 23.6 Å². The van der Waals surface area contributed by atoms with E-state index in [1.165, 1.54) is 23.6 Å². The first-order valence-corrected chi connectivity index (χ1v) is 12.1. The first kappa shape index (κ1) is 22.0. The zero-order valence-electron chi connectivity index (χ0n) is 18.5. The second-order valence-electron chi connectivity index (χ2n) is 9.27. The molecule has 2 amide bonds. The van der Waals surface area contributed by atoms with E-state index < -0.39 is 35.3 Å². The summed E-state index contributed by atoms with van der Waals surface area (Å²) in [5.41, 5.74) is 2.27. The molecule has 6 rings (SSSR count). The molecule has 2 aliphatic carbocycles. The lowest BCUT2D eigenvalue weighted by Crippen LogP contribution is -2.39. The van der Waals surface area contributed by atoms with Crippen molar-refractivity contribution in [2.75, 3.05) is 5.32 Å². The van der Waals surface area contributed by atoms with Crippen molar-refractivity contribution < 1.29 is 23.2 Å². The number of aromatic nitrogens is 4. The number of carbonyl (C=O) groups excluding carboxylic acids is 3. The SMILES string of the molecule is Cc1c(C(=O)C(=O)NC2(c3nncs3)CC2)c2n(c1C(=O)Nc1ccnc(C(F)F)c1)[C@@H]1C[C@@H]1C2. The number of fused-ring (bicyclic) bond motifs is 3. The minimum absolute atomic E-state index is 0.0966. The van der Waals surface area contributed by atoms with Crippen LogP contribution in [-0.4, -0.2) is 37.3 Å². The number of pyridine rings is 1. The van der Waals surface area contributed by atoms with E-state index in [4.69, 9.17) is 0 Å². The van der Waals surface area contributed by atoms with Crippen LogP contribution in [0.4, 0.5) is 14.5 Å². The smallest absolute Gasteiger partial charge is 0.293 e. The van der Waals surface area contributed by atoms with E-state index in [0.29, 0.717) is 41.4 Å². The number of ketones is 1. The summed E-state index contributed by atoms with van der Waals surface area (Å²) < 4.78 is 27.9. The van der Waals surface area contributed by atoms with Gasteiger partial charge in [0.15, 0.2) is 0 Å². The fourth-order valence-electron chi connectivity index (χ4n) is 5.06. The van der Waals surface area contributed by atoms with Crippen molar-refractivity contribution in [1.82, 2.24) is 25.1 Å². The van der Waals surface area contributed by atoms with Crippen molar-refractivity contribution in [1.29, 1.82) is 0 Å². The van der Waals surface area contributed by atoms with Gasteiger partial charge in [0.1, 0.15) is 21.9 Å². The molecule has 2 N–H and O–H groups in total. The molecule has 2 saturated carbocycles. The number of carbonyl (C=O) groups is 3. The summed E-state index contributed by atoms with van der Waals surface area (Å²) in [5.74, 6) is -1.62. The van der Waals surface area contributed by atoms with Crippen molar-refractivity contribution in [3.63, 3.8) is 0 Å². The van der Waals surface area contributed by atoms with Crippen LogP contribution in [0.3, 0.4) is 0 Å². The lowest BCUT2D eigenvalue weighted by molar-refractivity contribution is -0.118. The van der Waals surface area contributed by atoms with Crippen molar-refractivity contribution in [3.8, 4) is 0 Å². The van der Waals surface area contributed by atoms with Gasteiger partial charge in [0.05, 0.1) is 11.1 Å². The van der Waals surface area contributed by atoms with E-state index in [0.717, 1.165) is 12.5 Å². The predicted molar refractivity (Wildman–Crippen MR) is 120 cm³/mol. The molecule has 0 spiro atoms. The first-order chi connectivity index (χ1) is 16.8. The van der Waals surface area contributed by atoms with Crippen LogP contribution in [0, 0.1) is 12.8 Å². The number of hydrogen-bond acceptors (Lipinski definition) is 7. The molecular formula is C23H20F2N6O3S. The zero-order chi connectivity index (χ0) is 24.5. The number of halogens is 2. The molecule has 3 aromatic heterocycles. The van der Waals surface area contributed by atoms with Crippen LogP contribution in [0.1, 0.15) is 74.5 Å². The van der Waals surface area contributed by atoms with Gasteiger partial charge in [-0.05, 0) is 56.2 Å². The molecule has 9 nitrogen and oxygen atoms in total. The Morgan fingerprint density at radius 2 is 2.09 bits per heavy atom. The van der Waals surface area contributed by atoms with Gasteiger partial charge in [0.2, 0.25) is 0 Å². The van der Waals surface area contributed by atoms with Crippen molar-refractivity contribution in [3.05, 3.63) is 57.1 Å². The molecule has 3 aliphatic rings. The molecule has 0 bridgehead atoms. The van der Waals surface area contributed by atoms with Gasteiger partial charge in [-0.15, -0.1) is 21.5 Å². The third kappa shape index (κ3) is 3.54. The number of rotatable bonds is 7. The summed E-state index contributed by atoms with van der Waals surface area (Å²) >= 11 is 1.33. The van der Waals surface area contributed by atoms with Crippen LogP contribution in [0.15, 0.2) is 23.8 Å². The second kappa shape index (κ2) is 7.74. The quantitative estimate of drug-likeness (QED) is 0.381. The number of Topliss-reactive ketones (excluding diaryl/α,β-unsaturated/α-hetero) is 1. The van der Waals surface area contributed by atoms with Gasteiger partial charge in [-0.1, -0.05) is 0 Å². The predicted octanol–water partition coefficient (Wildman–Crippen LogP) is 3.34. The Morgan fingerprint density at radius 1 is 1.29 bits per heavy atom. The molecule has 0 radical (unpaired) electrons. The lowest BCUT2D eigenvalue weighted by atomic mass is 10.0. The molecule has 2 atom stereocenters. The van der Waals surface area contributed by atoms with E-state index in [1.807, 2.05) is 4.57 Å². The van der Waals surface area contributed by atoms with Crippen LogP contribution in [-0.2, 0) is 16.8 Å². The van der Waals surface area contributed by atoms with Crippen molar-refractivity contribution >= 4 is 34.6 Å². The Hall–Kier alpha value is -3.54. The van der Waals surface area contributed by atoms with Crippen LogP contribution >= 0.6 is 11.3 Å². The molecule has 12 heteroatoms. The highest BCUT2D eigenvalue weighted by Crippen LogP contribution is 2.54. The van der Waals surface area contributed by atoms with Crippen LogP contribution in [0.25, 0.3) is 0 Å². The molecule has 1 aliphatic heterocycles. The Morgan fingerprint density at radius 3 is 2.77 bits per heavy atom. The van der Waals surface area contributed by atoms with E-state index >= 15 is 0 Å². The lowest BCUT2D eigenvalue weighted by Gasteiger charge is -2.14. The van der Waals surface area contributed by atoms with Crippen LogP contribution < -0.4 is 10.6 Å². The number of anilines is 1. The maximum atomic E-state index is 13.4. The highest BCUT2D eigenvalue weighted by atomic mass is 32.1. The molecule has 3 aromatic rings. The third-order valence-corrected chi connectivity index (χ3v) is 7.90. The number of nitrogens with zero attached hydrogens (tertiary/aromatic N) is 4. The summed E-state index contributed by atoms with van der Waals surface area (Å²) in [6, 6.07) is 2.64. The third-order valence-electron chi connectivity index (χ3n) is 7.01. The number of nitrogens with one attached hydrogen (secondary N) is 2.